The van der Waals surface area contributed by atoms with Crippen molar-refractivity contribution in [2.24, 2.45) is 17.3 Å². The highest BCUT2D eigenvalue weighted by molar-refractivity contribution is 5.40. The summed E-state index contributed by atoms with van der Waals surface area (Å²) in [6.45, 7) is 2.32. The lowest BCUT2D eigenvalue weighted by atomic mass is 9.55. The third-order valence-corrected chi connectivity index (χ3v) is 6.66. The van der Waals surface area contributed by atoms with Crippen LogP contribution in [-0.4, -0.2) is 16.3 Å². The monoisotopic (exact) mass is 272 g/mol. The Hall–Kier alpha value is -1.02. The van der Waals surface area contributed by atoms with Crippen molar-refractivity contribution in [2.45, 2.75) is 57.5 Å². The molecular formula is C18H24O2. The lowest BCUT2D eigenvalue weighted by Gasteiger charge is -2.50. The van der Waals surface area contributed by atoms with Crippen LogP contribution in [0.3, 0.4) is 0 Å². The summed E-state index contributed by atoms with van der Waals surface area (Å²) in [4.78, 5) is 0. The Morgan fingerprint density at radius 1 is 1.15 bits per heavy atom. The molecule has 5 atom stereocenters. The fourth-order valence-electron chi connectivity index (χ4n) is 5.54. The number of hydrogen-bond donors (Lipinski definition) is 2. The van der Waals surface area contributed by atoms with Crippen molar-refractivity contribution in [1.29, 1.82) is 0 Å². The van der Waals surface area contributed by atoms with E-state index in [-0.39, 0.29) is 11.5 Å². The molecule has 3 aliphatic carbocycles. The zero-order chi connectivity index (χ0) is 13.9. The van der Waals surface area contributed by atoms with Crippen LogP contribution in [0, 0.1) is 17.3 Å². The summed E-state index contributed by atoms with van der Waals surface area (Å²) in [7, 11) is 0. The van der Waals surface area contributed by atoms with Crippen LogP contribution < -0.4 is 0 Å². The average Bonchev–Trinajstić information content (AvgIpc) is 2.74. The van der Waals surface area contributed by atoms with Gasteiger partial charge in [-0.1, -0.05) is 13.0 Å². The van der Waals surface area contributed by atoms with E-state index < -0.39 is 0 Å². The smallest absolute Gasteiger partial charge is 0.115 e. The first-order valence-corrected chi connectivity index (χ1v) is 8.09. The standard InChI is InChI=1S/C18H24O2/c1-18-9-8-14-13-5-3-12(19)10-11(13)2-4-15(14)16(18)6-7-17(18)20/h3,5,10,14-17,19-20H,2,4,6-9H2,1H3/t14-,15+,16-,17-,18-/m1/s1. The molecule has 2 N–H and O–H groups in total. The van der Waals surface area contributed by atoms with Crippen LogP contribution in [0.1, 0.15) is 56.1 Å². The van der Waals surface area contributed by atoms with E-state index in [2.05, 4.69) is 13.0 Å². The number of aromatic hydroxyl groups is 1. The average molecular weight is 272 g/mol. The fraction of sp³-hybridized carbons (Fsp3) is 0.667. The van der Waals surface area contributed by atoms with E-state index in [0.29, 0.717) is 17.6 Å². The Bertz CT molecular complexity index is 538. The van der Waals surface area contributed by atoms with E-state index in [1.165, 1.54) is 30.4 Å². The summed E-state index contributed by atoms with van der Waals surface area (Å²) < 4.78 is 0. The maximum Gasteiger partial charge on any atom is 0.115 e. The van der Waals surface area contributed by atoms with Crippen LogP contribution in [0.15, 0.2) is 18.2 Å². The molecule has 0 radical (unpaired) electrons. The number of phenolic OH excluding ortho intramolecular Hbond substituents is 1. The summed E-state index contributed by atoms with van der Waals surface area (Å²) in [6, 6.07) is 5.96. The van der Waals surface area contributed by atoms with E-state index in [9.17, 15) is 10.2 Å². The van der Waals surface area contributed by atoms with Crippen molar-refractivity contribution in [3.05, 3.63) is 29.3 Å². The zero-order valence-corrected chi connectivity index (χ0v) is 12.2. The molecule has 2 nitrogen and oxygen atoms in total. The molecule has 20 heavy (non-hydrogen) atoms. The van der Waals surface area contributed by atoms with Crippen molar-refractivity contribution in [3.63, 3.8) is 0 Å². The Morgan fingerprint density at radius 2 is 2.00 bits per heavy atom. The molecular weight excluding hydrogens is 248 g/mol. The quantitative estimate of drug-likeness (QED) is 0.757. The minimum absolute atomic E-state index is 0.0883. The first-order valence-electron chi connectivity index (χ1n) is 8.09. The molecule has 0 spiro atoms. The molecule has 3 aliphatic rings. The van der Waals surface area contributed by atoms with Crippen LogP contribution >= 0.6 is 0 Å². The molecule has 2 fully saturated rings. The topological polar surface area (TPSA) is 40.5 Å². The van der Waals surface area contributed by atoms with Gasteiger partial charge >= 0.3 is 0 Å². The van der Waals surface area contributed by atoms with Gasteiger partial charge in [-0.15, -0.1) is 0 Å². The normalized spacial score (nSPS) is 42.7. The second-order valence-electron chi connectivity index (χ2n) is 7.44. The second kappa shape index (κ2) is 4.24. The number of hydrogen-bond acceptors (Lipinski definition) is 2. The van der Waals surface area contributed by atoms with Crippen LogP contribution in [0.2, 0.25) is 0 Å². The maximum absolute atomic E-state index is 10.4. The summed E-state index contributed by atoms with van der Waals surface area (Å²) in [5, 5.41) is 20.0. The van der Waals surface area contributed by atoms with Crippen molar-refractivity contribution in [2.75, 3.05) is 0 Å². The first-order chi connectivity index (χ1) is 9.59. The highest BCUT2D eigenvalue weighted by atomic mass is 16.3. The van der Waals surface area contributed by atoms with Crippen molar-refractivity contribution >= 4 is 0 Å². The number of rotatable bonds is 0. The summed E-state index contributed by atoms with van der Waals surface area (Å²) in [5.41, 5.74) is 2.99. The van der Waals surface area contributed by atoms with Gasteiger partial charge < -0.3 is 10.2 Å². The summed E-state index contributed by atoms with van der Waals surface area (Å²) in [5.74, 6) is 2.49. The predicted molar refractivity (Wildman–Crippen MR) is 78.7 cm³/mol. The molecule has 4 rings (SSSR count). The Kier molecular flexibility index (Phi) is 2.69. The molecule has 0 amide bonds. The van der Waals surface area contributed by atoms with E-state index in [4.69, 9.17) is 0 Å². The van der Waals surface area contributed by atoms with Crippen molar-refractivity contribution in [1.82, 2.24) is 0 Å². The lowest BCUT2D eigenvalue weighted by molar-refractivity contribution is -0.0226. The van der Waals surface area contributed by atoms with Gasteiger partial charge in [0.2, 0.25) is 0 Å². The SMILES string of the molecule is C[C@@]12CC[C@@H]3c4ccc(O)cc4CC[C@@H]3[C@H]1CC[C@H]2O. The van der Waals surface area contributed by atoms with E-state index in [0.717, 1.165) is 25.2 Å². The summed E-state index contributed by atoms with van der Waals surface area (Å²) in [6.07, 6.45) is 6.78. The van der Waals surface area contributed by atoms with Crippen LogP contribution in [-0.2, 0) is 6.42 Å². The van der Waals surface area contributed by atoms with Crippen LogP contribution in [0.25, 0.3) is 0 Å². The molecule has 1 aromatic carbocycles. The van der Waals surface area contributed by atoms with Gasteiger partial charge in [-0.05, 0) is 85.0 Å². The van der Waals surface area contributed by atoms with Gasteiger partial charge in [0.05, 0.1) is 6.10 Å². The molecule has 0 aliphatic heterocycles. The zero-order valence-electron chi connectivity index (χ0n) is 12.2. The van der Waals surface area contributed by atoms with Crippen molar-refractivity contribution < 1.29 is 10.2 Å². The fourth-order valence-corrected chi connectivity index (χ4v) is 5.54. The number of benzene rings is 1. The molecule has 108 valence electrons. The first kappa shape index (κ1) is 12.7. The second-order valence-corrected chi connectivity index (χ2v) is 7.44. The minimum Gasteiger partial charge on any atom is -0.508 e. The van der Waals surface area contributed by atoms with Gasteiger partial charge in [0.15, 0.2) is 0 Å². The molecule has 0 unspecified atom stereocenters. The van der Waals surface area contributed by atoms with E-state index in [1.807, 2.05) is 12.1 Å². The summed E-state index contributed by atoms with van der Waals surface area (Å²) >= 11 is 0. The third-order valence-electron chi connectivity index (χ3n) is 6.66. The van der Waals surface area contributed by atoms with Crippen LogP contribution in [0.5, 0.6) is 5.75 Å². The molecule has 2 saturated carbocycles. The molecule has 0 heterocycles. The Balaban J connectivity index is 1.71. The van der Waals surface area contributed by atoms with E-state index >= 15 is 0 Å². The third kappa shape index (κ3) is 1.60. The molecule has 2 heteroatoms. The van der Waals surface area contributed by atoms with Gasteiger partial charge in [0.25, 0.3) is 0 Å². The molecule has 0 aromatic heterocycles. The van der Waals surface area contributed by atoms with Gasteiger partial charge in [0, 0.05) is 0 Å². The number of aliphatic hydroxyl groups is 1. The van der Waals surface area contributed by atoms with Gasteiger partial charge in [-0.25, -0.2) is 0 Å². The van der Waals surface area contributed by atoms with E-state index in [1.54, 1.807) is 0 Å². The molecule has 0 bridgehead atoms. The lowest BCUT2D eigenvalue weighted by Crippen LogP contribution is -2.43. The number of aryl methyl sites for hydroxylation is 1. The molecule has 1 aromatic rings. The van der Waals surface area contributed by atoms with Gasteiger partial charge in [-0.3, -0.25) is 0 Å². The van der Waals surface area contributed by atoms with Gasteiger partial charge in [0.1, 0.15) is 5.75 Å². The maximum atomic E-state index is 10.4. The van der Waals surface area contributed by atoms with Crippen LogP contribution in [0.4, 0.5) is 0 Å². The Morgan fingerprint density at radius 3 is 2.85 bits per heavy atom. The number of aliphatic hydroxyl groups excluding tert-OH is 1. The highest BCUT2D eigenvalue weighted by Gasteiger charge is 2.54. The minimum atomic E-state index is -0.0883. The number of phenols is 1. The highest BCUT2D eigenvalue weighted by Crippen LogP contribution is 2.60. The number of fused-ring (bicyclic) bond motifs is 5. The van der Waals surface area contributed by atoms with Crippen molar-refractivity contribution in [3.8, 4) is 5.75 Å². The molecule has 0 saturated heterocycles. The Labute approximate surface area is 120 Å². The predicted octanol–water partition coefficient (Wildman–Crippen LogP) is 3.61. The largest absolute Gasteiger partial charge is 0.508 e. The van der Waals surface area contributed by atoms with Gasteiger partial charge in [-0.2, -0.15) is 0 Å².